The van der Waals surface area contributed by atoms with Gasteiger partial charge < -0.3 is 21.3 Å². The number of aliphatic hydroxyl groups excluding tert-OH is 1. The van der Waals surface area contributed by atoms with Crippen LogP contribution in [0.1, 0.15) is 107 Å². The number of nitrogens with one attached hydrogen (secondary N) is 1. The summed E-state index contributed by atoms with van der Waals surface area (Å²) in [6, 6.07) is 38.5. The zero-order chi connectivity index (χ0) is 52.8. The van der Waals surface area contributed by atoms with Crippen LogP contribution in [-0.2, 0) is 42.6 Å². The van der Waals surface area contributed by atoms with Gasteiger partial charge in [0.25, 0.3) is 11.8 Å². The van der Waals surface area contributed by atoms with Crippen molar-refractivity contribution < 1.29 is 43.2 Å². The van der Waals surface area contributed by atoms with Crippen LogP contribution >= 0.6 is 46.6 Å². The average molecular weight is 1270 g/mol. The van der Waals surface area contributed by atoms with Crippen LogP contribution in [0.5, 0.6) is 0 Å². The Morgan fingerprint density at radius 1 is 0.595 bits per heavy atom. The number of hydrogen-bond acceptors (Lipinski definition) is 12. The summed E-state index contributed by atoms with van der Waals surface area (Å²) in [5.41, 5.74) is 8.04. The fraction of sp³-hybridized carbons (Fsp3) is 0.273. The number of halogens is 2. The van der Waals surface area contributed by atoms with E-state index in [2.05, 4.69) is 94.1 Å². The predicted molar refractivity (Wildman–Crippen MR) is 314 cm³/mol. The van der Waals surface area contributed by atoms with E-state index in [0.717, 1.165) is 66.7 Å². The summed E-state index contributed by atoms with van der Waals surface area (Å²) in [6.45, 7) is 17.4. The van der Waals surface area contributed by atoms with Gasteiger partial charge in [-0.2, -0.15) is 10.2 Å². The maximum absolute atomic E-state index is 12.1. The fourth-order valence-corrected chi connectivity index (χ4v) is 5.93. The molecule has 0 aliphatic rings. The van der Waals surface area contributed by atoms with Crippen LogP contribution in [0.15, 0.2) is 159 Å². The van der Waals surface area contributed by atoms with Crippen molar-refractivity contribution >= 4 is 75.4 Å². The topological polar surface area (TPSA) is 242 Å². The van der Waals surface area contributed by atoms with Gasteiger partial charge in [-0.15, -0.1) is 24.0 Å². The normalized spacial score (nSPS) is 8.97. The Bertz CT molecular complexity index is 2800. The number of carbonyl (C=O) groups excluding carboxylic acids is 2. The van der Waals surface area contributed by atoms with Crippen molar-refractivity contribution in [2.24, 2.45) is 0 Å². The third-order valence-electron chi connectivity index (χ3n) is 8.82. The standard InChI is InChI=1S/C22H18N6.C13H8N4O2.C9H12O.C2H4O2.4C2H6.CH3I.HI.H3N.V/c1-2-6-16(7-3-1)9-11-19-26-21(22(27-19)18-8-4-5-13-23-18)17-10-12-20-24-15-25-28(20)14-17;18-12(13(19)10-3-1-2-6-14-10)9-4-5-11-15-8-16-17(11)7-9;10-8-4-7-9-5-2-1-3-6-9;1-2(3)4;5*1-2;;;/h1-8,10,12-15H,9,11H2,(H,26,27);1-8H;1-3,5-6,10H,4,7-8H2;1H3,(H,3,4);4*1-2H3;1H3;1H;1H3;. The molecule has 0 amide bonds. The number of H-pyrrole nitrogens is 1. The summed E-state index contributed by atoms with van der Waals surface area (Å²) in [7, 11) is 0. The first-order valence-corrected chi connectivity index (χ1v) is 25.8. The number of hydrogen-bond donors (Lipinski definition) is 4. The van der Waals surface area contributed by atoms with E-state index >= 15 is 0 Å². The van der Waals surface area contributed by atoms with Crippen molar-refractivity contribution in [3.8, 4) is 22.6 Å². The molecule has 0 spiro atoms. The number of fused-ring (bicyclic) bond motifs is 2. The molecule has 6 N–H and O–H groups in total. The number of ketones is 2. The molecule has 7 heterocycles. The molecule has 9 rings (SSSR count). The molecule has 74 heavy (non-hydrogen) atoms. The van der Waals surface area contributed by atoms with Crippen molar-refractivity contribution in [3.63, 3.8) is 0 Å². The zero-order valence-electron chi connectivity index (χ0n) is 44.1. The summed E-state index contributed by atoms with van der Waals surface area (Å²) in [6.07, 6.45) is 13.2. The average Bonchev–Trinajstić information content (AvgIpc) is 4.24. The van der Waals surface area contributed by atoms with Gasteiger partial charge in [0.2, 0.25) is 5.78 Å². The van der Waals surface area contributed by atoms with E-state index in [0.29, 0.717) is 5.65 Å². The molecular formula is C55H73I2N11O5V. The first-order valence-electron chi connectivity index (χ1n) is 23.6. The van der Waals surface area contributed by atoms with Gasteiger partial charge in [0, 0.05) is 74.4 Å². The summed E-state index contributed by atoms with van der Waals surface area (Å²) >= 11 is 2.15. The van der Waals surface area contributed by atoms with Crippen LogP contribution in [0, 0.1) is 0 Å². The molecule has 397 valence electrons. The fourth-order valence-electron chi connectivity index (χ4n) is 5.93. The third kappa shape index (κ3) is 25.3. The van der Waals surface area contributed by atoms with Gasteiger partial charge in [0.1, 0.15) is 24.2 Å². The molecule has 0 unspecified atom stereocenters. The van der Waals surface area contributed by atoms with E-state index in [1.807, 2.05) is 121 Å². The Hall–Kier alpha value is -6.04. The molecule has 0 fully saturated rings. The van der Waals surface area contributed by atoms with Gasteiger partial charge in [0.15, 0.2) is 11.3 Å². The summed E-state index contributed by atoms with van der Waals surface area (Å²) in [4.78, 5) is 60.0. The zero-order valence-corrected chi connectivity index (χ0v) is 50.0. The number of aromatic nitrogens is 10. The molecule has 1 radical (unpaired) electrons. The van der Waals surface area contributed by atoms with Crippen LogP contribution in [0.2, 0.25) is 0 Å². The first-order chi connectivity index (χ1) is 34.8. The summed E-state index contributed by atoms with van der Waals surface area (Å²) in [5.74, 6) is -1.14. The molecule has 0 bridgehead atoms. The second-order valence-electron chi connectivity index (χ2n) is 13.3. The van der Waals surface area contributed by atoms with E-state index in [1.54, 1.807) is 41.3 Å². The molecule has 19 heteroatoms. The van der Waals surface area contributed by atoms with Gasteiger partial charge in [-0.3, -0.25) is 24.4 Å². The van der Waals surface area contributed by atoms with E-state index in [1.165, 1.54) is 40.4 Å². The summed E-state index contributed by atoms with van der Waals surface area (Å²) in [5, 5.41) is 24.1. The summed E-state index contributed by atoms with van der Waals surface area (Å²) < 4.78 is 3.20. The van der Waals surface area contributed by atoms with Gasteiger partial charge >= 0.3 is 0 Å². The Labute approximate surface area is 479 Å². The number of aromatic amines is 1. The number of aliphatic carboxylic acids is 1. The van der Waals surface area contributed by atoms with E-state index < -0.39 is 17.5 Å². The molecule has 0 saturated carbocycles. The van der Waals surface area contributed by atoms with Crippen LogP contribution < -0.4 is 6.15 Å². The van der Waals surface area contributed by atoms with Crippen molar-refractivity contribution in [1.29, 1.82) is 0 Å². The smallest absolute Gasteiger partial charge is 0.300 e. The second kappa shape index (κ2) is 44.5. The molecular weight excluding hydrogens is 1200 g/mol. The van der Waals surface area contributed by atoms with Crippen molar-refractivity contribution in [2.75, 3.05) is 11.5 Å². The number of aliphatic hydroxyl groups is 1. The molecule has 0 saturated heterocycles. The Morgan fingerprint density at radius 2 is 1.08 bits per heavy atom. The molecule has 16 nitrogen and oxygen atoms in total. The third-order valence-corrected chi connectivity index (χ3v) is 8.82. The SMILES string of the molecule is CC.CC.CC.CC.CC(=O)O.CI.I.N.O=C(C(=O)c1ccccn1)c1ccc2ncnn2c1.OCCCc1ccccc1.[V].c1ccc(CCc2nc(-c3ccc4ncnn4c3)c(-c3ccccn3)[nH]2)cc1. The number of alkyl halides is 1. The van der Waals surface area contributed by atoms with E-state index in [-0.39, 0.29) is 66.5 Å². The minimum absolute atomic E-state index is 0. The quantitative estimate of drug-likeness (QED) is 0.0408. The van der Waals surface area contributed by atoms with Gasteiger partial charge in [-0.25, -0.2) is 24.0 Å². The number of carbonyl (C=O) groups is 3. The Kier molecular flexibility index (Phi) is 43.4. The first kappa shape index (κ1) is 72.2. The van der Waals surface area contributed by atoms with Crippen molar-refractivity contribution in [1.82, 2.24) is 55.3 Å². The molecule has 0 aliphatic heterocycles. The van der Waals surface area contributed by atoms with Crippen molar-refractivity contribution in [3.05, 3.63) is 187 Å². The minimum atomic E-state index is -0.833. The number of pyridine rings is 4. The number of Topliss-reactive ketones (excluding diaryl/α,β-unsaturated/α-hetero) is 2. The monoisotopic (exact) mass is 1270 g/mol. The molecule has 0 atom stereocenters. The number of carboxylic acids is 1. The predicted octanol–water partition coefficient (Wildman–Crippen LogP) is 12.8. The molecule has 2 aromatic carbocycles. The molecule has 7 aromatic heterocycles. The van der Waals surface area contributed by atoms with Crippen LogP contribution in [0.25, 0.3) is 33.9 Å². The number of rotatable bonds is 11. The number of aryl methyl sites for hydroxylation is 3. The van der Waals surface area contributed by atoms with Crippen molar-refractivity contribution in [2.45, 2.75) is 88.0 Å². The van der Waals surface area contributed by atoms with Gasteiger partial charge in [0.05, 0.1) is 17.1 Å². The molecule has 0 aliphatic carbocycles. The van der Waals surface area contributed by atoms with E-state index in [4.69, 9.17) is 20.0 Å². The van der Waals surface area contributed by atoms with Crippen LogP contribution in [0.4, 0.5) is 0 Å². The molecule has 9 aromatic rings. The van der Waals surface area contributed by atoms with E-state index in [9.17, 15) is 9.59 Å². The maximum Gasteiger partial charge on any atom is 0.300 e. The Morgan fingerprint density at radius 3 is 1.58 bits per heavy atom. The second-order valence-corrected chi connectivity index (χ2v) is 13.3. The number of benzene rings is 2. The number of carboxylic acid groups (broad SMARTS) is 1. The van der Waals surface area contributed by atoms with Gasteiger partial charge in [-0.1, -0.05) is 151 Å². The Balaban J connectivity index is -0.000000956. The number of nitrogens with zero attached hydrogens (tertiary/aromatic N) is 9. The van der Waals surface area contributed by atoms with Crippen LogP contribution in [-0.4, -0.2) is 88.4 Å². The largest absolute Gasteiger partial charge is 0.481 e. The minimum Gasteiger partial charge on any atom is -0.481 e. The van der Waals surface area contributed by atoms with Crippen LogP contribution in [0.3, 0.4) is 0 Å². The number of imidazole rings is 1. The van der Waals surface area contributed by atoms with Gasteiger partial charge in [-0.05, 0) is 83.9 Å². The maximum atomic E-state index is 12.1.